The first-order valence-corrected chi connectivity index (χ1v) is 9.09. The molecule has 132 valence electrons. The molecule has 1 aromatic heterocycles. The standard InChI is InChI=1S/C18H21BrN4O2/c1-23(12-13-2-4-14(19)5-3-13)17-7-6-16(21-22-17)18(24)20-15-8-10-25-11-9-15/h2-7,15H,8-12H2,1H3,(H,20,24). The zero-order valence-electron chi connectivity index (χ0n) is 14.1. The smallest absolute Gasteiger partial charge is 0.272 e. The van der Waals surface area contributed by atoms with E-state index in [4.69, 9.17) is 4.74 Å². The van der Waals surface area contributed by atoms with Gasteiger partial charge in [-0.2, -0.15) is 0 Å². The number of aromatic nitrogens is 2. The van der Waals surface area contributed by atoms with Crippen LogP contribution in [0.25, 0.3) is 0 Å². The highest BCUT2D eigenvalue weighted by Crippen LogP contribution is 2.15. The molecule has 0 aliphatic carbocycles. The van der Waals surface area contributed by atoms with Crippen LogP contribution in [0.4, 0.5) is 5.82 Å². The van der Waals surface area contributed by atoms with Crippen LogP contribution >= 0.6 is 15.9 Å². The Morgan fingerprint density at radius 2 is 1.92 bits per heavy atom. The predicted molar refractivity (Wildman–Crippen MR) is 99.6 cm³/mol. The summed E-state index contributed by atoms with van der Waals surface area (Å²) in [7, 11) is 1.95. The third kappa shape index (κ3) is 4.99. The van der Waals surface area contributed by atoms with Crippen molar-refractivity contribution in [2.24, 2.45) is 0 Å². The summed E-state index contributed by atoms with van der Waals surface area (Å²) >= 11 is 3.43. The first-order chi connectivity index (χ1) is 12.1. The van der Waals surface area contributed by atoms with E-state index in [1.165, 1.54) is 5.56 Å². The van der Waals surface area contributed by atoms with Gasteiger partial charge in [0.2, 0.25) is 0 Å². The molecule has 1 fully saturated rings. The lowest BCUT2D eigenvalue weighted by Gasteiger charge is -2.23. The molecule has 1 aromatic carbocycles. The van der Waals surface area contributed by atoms with E-state index in [0.717, 1.165) is 29.7 Å². The molecule has 2 heterocycles. The van der Waals surface area contributed by atoms with Crippen molar-refractivity contribution in [2.75, 3.05) is 25.2 Å². The minimum absolute atomic E-state index is 0.155. The van der Waals surface area contributed by atoms with Gasteiger partial charge >= 0.3 is 0 Å². The minimum Gasteiger partial charge on any atom is -0.381 e. The SMILES string of the molecule is CN(Cc1ccc(Br)cc1)c1ccc(C(=O)NC2CCOCC2)nn1. The lowest BCUT2D eigenvalue weighted by molar-refractivity contribution is 0.0693. The Kier molecular flexibility index (Phi) is 5.99. The van der Waals surface area contributed by atoms with Gasteiger partial charge in [-0.1, -0.05) is 28.1 Å². The molecule has 3 rings (SSSR count). The molecule has 0 radical (unpaired) electrons. The summed E-state index contributed by atoms with van der Waals surface area (Å²) in [5.41, 5.74) is 1.51. The van der Waals surface area contributed by atoms with Crippen molar-refractivity contribution in [1.82, 2.24) is 15.5 Å². The van der Waals surface area contributed by atoms with Crippen molar-refractivity contribution in [3.8, 4) is 0 Å². The Hall–Kier alpha value is -1.99. The molecule has 1 aliphatic rings. The molecular weight excluding hydrogens is 384 g/mol. The van der Waals surface area contributed by atoms with Gasteiger partial charge in [-0.3, -0.25) is 4.79 Å². The third-order valence-corrected chi connectivity index (χ3v) is 4.69. The largest absolute Gasteiger partial charge is 0.381 e. The molecule has 0 unspecified atom stereocenters. The van der Waals surface area contributed by atoms with Crippen LogP contribution in [0.1, 0.15) is 28.9 Å². The van der Waals surface area contributed by atoms with Crippen LogP contribution in [-0.4, -0.2) is 42.4 Å². The fourth-order valence-corrected chi connectivity index (χ4v) is 2.96. The predicted octanol–water partition coefficient (Wildman–Crippen LogP) is 2.78. The molecule has 1 N–H and O–H groups in total. The Morgan fingerprint density at radius 3 is 2.56 bits per heavy atom. The molecule has 1 aliphatic heterocycles. The Balaban J connectivity index is 1.58. The summed E-state index contributed by atoms with van der Waals surface area (Å²) in [6.45, 7) is 2.10. The van der Waals surface area contributed by atoms with E-state index in [2.05, 4.69) is 43.6 Å². The summed E-state index contributed by atoms with van der Waals surface area (Å²) < 4.78 is 6.35. The van der Waals surface area contributed by atoms with Crippen LogP contribution in [0.5, 0.6) is 0 Å². The number of ether oxygens (including phenoxy) is 1. The maximum atomic E-state index is 12.2. The molecule has 25 heavy (non-hydrogen) atoms. The molecule has 0 atom stereocenters. The van der Waals surface area contributed by atoms with E-state index in [1.807, 2.05) is 30.1 Å². The molecule has 2 aromatic rings. The molecule has 1 amide bonds. The molecule has 7 heteroatoms. The third-order valence-electron chi connectivity index (χ3n) is 4.16. The topological polar surface area (TPSA) is 67.4 Å². The van der Waals surface area contributed by atoms with E-state index in [1.54, 1.807) is 6.07 Å². The van der Waals surface area contributed by atoms with Crippen molar-refractivity contribution in [3.05, 3.63) is 52.1 Å². The molecule has 0 saturated carbocycles. The highest BCUT2D eigenvalue weighted by molar-refractivity contribution is 9.10. The number of benzene rings is 1. The quantitative estimate of drug-likeness (QED) is 0.829. The van der Waals surface area contributed by atoms with E-state index in [-0.39, 0.29) is 11.9 Å². The van der Waals surface area contributed by atoms with Gasteiger partial charge in [0.05, 0.1) is 0 Å². The first kappa shape index (κ1) is 17.8. The summed E-state index contributed by atoms with van der Waals surface area (Å²) in [6.07, 6.45) is 1.68. The Morgan fingerprint density at radius 1 is 1.20 bits per heavy atom. The average Bonchev–Trinajstić information content (AvgIpc) is 2.64. The first-order valence-electron chi connectivity index (χ1n) is 8.30. The number of hydrogen-bond donors (Lipinski definition) is 1. The second-order valence-corrected chi connectivity index (χ2v) is 7.04. The number of hydrogen-bond acceptors (Lipinski definition) is 5. The number of halogens is 1. The highest BCUT2D eigenvalue weighted by Gasteiger charge is 2.18. The van der Waals surface area contributed by atoms with Gasteiger partial charge in [-0.15, -0.1) is 10.2 Å². The van der Waals surface area contributed by atoms with Gasteiger partial charge in [0, 0.05) is 37.3 Å². The number of amides is 1. The van der Waals surface area contributed by atoms with E-state index in [9.17, 15) is 4.79 Å². The Bertz CT molecular complexity index is 700. The van der Waals surface area contributed by atoms with Crippen LogP contribution in [0, 0.1) is 0 Å². The molecular formula is C18H21BrN4O2. The minimum atomic E-state index is -0.179. The van der Waals surface area contributed by atoms with Crippen molar-refractivity contribution in [2.45, 2.75) is 25.4 Å². The number of anilines is 1. The van der Waals surface area contributed by atoms with Crippen molar-refractivity contribution in [1.29, 1.82) is 0 Å². The zero-order valence-corrected chi connectivity index (χ0v) is 15.7. The van der Waals surface area contributed by atoms with E-state index in [0.29, 0.717) is 18.9 Å². The van der Waals surface area contributed by atoms with Gasteiger partial charge in [0.15, 0.2) is 11.5 Å². The fraction of sp³-hybridized carbons (Fsp3) is 0.389. The highest BCUT2D eigenvalue weighted by atomic mass is 79.9. The van der Waals surface area contributed by atoms with Gasteiger partial charge in [0.25, 0.3) is 5.91 Å². The van der Waals surface area contributed by atoms with Crippen molar-refractivity contribution in [3.63, 3.8) is 0 Å². The van der Waals surface area contributed by atoms with Gasteiger partial charge in [-0.25, -0.2) is 0 Å². The maximum Gasteiger partial charge on any atom is 0.272 e. The summed E-state index contributed by atoms with van der Waals surface area (Å²) in [5, 5.41) is 11.3. The van der Waals surface area contributed by atoms with Gasteiger partial charge < -0.3 is 15.0 Å². The molecule has 0 spiro atoms. The second-order valence-electron chi connectivity index (χ2n) is 6.12. The summed E-state index contributed by atoms with van der Waals surface area (Å²) in [5.74, 6) is 0.548. The monoisotopic (exact) mass is 404 g/mol. The zero-order chi connectivity index (χ0) is 17.6. The number of rotatable bonds is 5. The van der Waals surface area contributed by atoms with Crippen LogP contribution in [0.3, 0.4) is 0 Å². The lowest BCUT2D eigenvalue weighted by atomic mass is 10.1. The van der Waals surface area contributed by atoms with E-state index >= 15 is 0 Å². The maximum absolute atomic E-state index is 12.2. The molecule has 6 nitrogen and oxygen atoms in total. The van der Waals surface area contributed by atoms with Gasteiger partial charge in [0.1, 0.15) is 0 Å². The average molecular weight is 405 g/mol. The molecule has 0 bridgehead atoms. The summed E-state index contributed by atoms with van der Waals surface area (Å²) in [4.78, 5) is 14.2. The van der Waals surface area contributed by atoms with Crippen LogP contribution in [0.15, 0.2) is 40.9 Å². The van der Waals surface area contributed by atoms with Crippen molar-refractivity contribution < 1.29 is 9.53 Å². The van der Waals surface area contributed by atoms with Crippen molar-refractivity contribution >= 4 is 27.7 Å². The van der Waals surface area contributed by atoms with Gasteiger partial charge in [-0.05, 0) is 42.7 Å². The Labute approximate surface area is 155 Å². The lowest BCUT2D eigenvalue weighted by Crippen LogP contribution is -2.39. The van der Waals surface area contributed by atoms with Crippen LogP contribution in [0.2, 0.25) is 0 Å². The fourth-order valence-electron chi connectivity index (χ4n) is 2.70. The second kappa shape index (κ2) is 8.40. The normalized spacial score (nSPS) is 15.0. The van der Waals surface area contributed by atoms with Crippen LogP contribution in [-0.2, 0) is 11.3 Å². The molecule has 1 saturated heterocycles. The van der Waals surface area contributed by atoms with Crippen LogP contribution < -0.4 is 10.2 Å². The number of nitrogens with one attached hydrogen (secondary N) is 1. The summed E-state index contributed by atoms with van der Waals surface area (Å²) in [6, 6.07) is 11.8. The number of carbonyl (C=O) groups excluding carboxylic acids is 1. The number of carbonyl (C=O) groups is 1. The number of nitrogens with zero attached hydrogens (tertiary/aromatic N) is 3. The van der Waals surface area contributed by atoms with E-state index < -0.39 is 0 Å².